The fraction of sp³-hybridized carbons (Fsp3) is 0.500. The Labute approximate surface area is 203 Å². The van der Waals surface area contributed by atoms with E-state index in [-0.39, 0.29) is 30.3 Å². The predicted molar refractivity (Wildman–Crippen MR) is 136 cm³/mol. The maximum absolute atomic E-state index is 13.2. The van der Waals surface area contributed by atoms with Gasteiger partial charge < -0.3 is 19.7 Å². The van der Waals surface area contributed by atoms with E-state index < -0.39 is 0 Å². The highest BCUT2D eigenvalue weighted by atomic mass is 16.5. The molecule has 0 bridgehead atoms. The van der Waals surface area contributed by atoms with Crippen LogP contribution in [0, 0.1) is 0 Å². The van der Waals surface area contributed by atoms with Gasteiger partial charge in [-0.3, -0.25) is 9.59 Å². The molecule has 1 saturated heterocycles. The molecule has 1 heterocycles. The van der Waals surface area contributed by atoms with Gasteiger partial charge in [-0.05, 0) is 67.3 Å². The second-order valence-corrected chi connectivity index (χ2v) is 9.40. The number of benzene rings is 2. The molecule has 0 aliphatic carbocycles. The van der Waals surface area contributed by atoms with Gasteiger partial charge in [-0.1, -0.05) is 45.9 Å². The van der Waals surface area contributed by atoms with Crippen molar-refractivity contribution < 1.29 is 19.1 Å². The fourth-order valence-electron chi connectivity index (χ4n) is 4.29. The first-order valence-electron chi connectivity index (χ1n) is 12.4. The number of carbonyl (C=O) groups excluding carboxylic acids is 2. The lowest BCUT2D eigenvalue weighted by molar-refractivity contribution is -0.134. The van der Waals surface area contributed by atoms with Crippen LogP contribution < -0.4 is 14.8 Å². The van der Waals surface area contributed by atoms with Crippen LogP contribution in [0.1, 0.15) is 87.2 Å². The normalized spacial score (nSPS) is 13.8. The van der Waals surface area contributed by atoms with Crippen molar-refractivity contribution in [1.29, 1.82) is 0 Å². The first kappa shape index (κ1) is 25.6. The lowest BCUT2D eigenvalue weighted by atomic mass is 9.92. The van der Waals surface area contributed by atoms with Crippen molar-refractivity contribution in [2.45, 2.75) is 65.7 Å². The van der Waals surface area contributed by atoms with E-state index in [1.165, 1.54) is 6.42 Å². The average Bonchev–Trinajstić information content (AvgIpc) is 2.83. The molecule has 6 nitrogen and oxygen atoms in total. The van der Waals surface area contributed by atoms with E-state index in [0.717, 1.165) is 42.7 Å². The molecule has 0 radical (unpaired) electrons. The van der Waals surface area contributed by atoms with Gasteiger partial charge in [0.2, 0.25) is 0 Å². The summed E-state index contributed by atoms with van der Waals surface area (Å²) in [5.41, 5.74) is 3.58. The molecule has 2 aromatic rings. The van der Waals surface area contributed by atoms with Crippen molar-refractivity contribution in [2.75, 3.05) is 31.6 Å². The second-order valence-electron chi connectivity index (χ2n) is 9.40. The van der Waals surface area contributed by atoms with Gasteiger partial charge in [-0.2, -0.15) is 0 Å². The highest BCUT2D eigenvalue weighted by molar-refractivity contribution is 6.05. The molecule has 2 amide bonds. The third-order valence-corrected chi connectivity index (χ3v) is 6.18. The van der Waals surface area contributed by atoms with Crippen LogP contribution in [0.3, 0.4) is 0 Å². The zero-order chi connectivity index (χ0) is 24.7. The van der Waals surface area contributed by atoms with E-state index >= 15 is 0 Å². The largest absolute Gasteiger partial charge is 0.490 e. The van der Waals surface area contributed by atoms with Crippen LogP contribution in [0.5, 0.6) is 11.5 Å². The quantitative estimate of drug-likeness (QED) is 0.494. The van der Waals surface area contributed by atoms with Gasteiger partial charge in [0.15, 0.2) is 18.1 Å². The Morgan fingerprint density at radius 2 is 1.56 bits per heavy atom. The van der Waals surface area contributed by atoms with E-state index in [9.17, 15) is 9.59 Å². The number of nitrogens with zero attached hydrogens (tertiary/aromatic N) is 1. The molecule has 3 rings (SSSR count). The van der Waals surface area contributed by atoms with Crippen molar-refractivity contribution >= 4 is 17.5 Å². The molecule has 1 aliphatic rings. The topological polar surface area (TPSA) is 67.9 Å². The van der Waals surface area contributed by atoms with E-state index in [2.05, 4.69) is 45.1 Å². The molecule has 1 N–H and O–H groups in total. The number of carbonyl (C=O) groups is 2. The van der Waals surface area contributed by atoms with Crippen LogP contribution >= 0.6 is 0 Å². The highest BCUT2D eigenvalue weighted by Crippen LogP contribution is 2.34. The monoisotopic (exact) mass is 466 g/mol. The molecule has 0 atom stereocenters. The summed E-state index contributed by atoms with van der Waals surface area (Å²) in [7, 11) is 0. The predicted octanol–water partition coefficient (Wildman–Crippen LogP) is 5.98. The molecular formula is C28H38N2O4. The lowest BCUT2D eigenvalue weighted by Crippen LogP contribution is -2.38. The molecule has 2 aromatic carbocycles. The third-order valence-electron chi connectivity index (χ3n) is 6.18. The van der Waals surface area contributed by atoms with Crippen LogP contribution in [-0.2, 0) is 4.79 Å². The maximum atomic E-state index is 13.2. The number of likely N-dealkylation sites (tertiary alicyclic amines) is 1. The molecule has 0 spiro atoms. The number of rotatable bonds is 9. The number of hydrogen-bond acceptors (Lipinski definition) is 4. The molecule has 1 aliphatic heterocycles. The summed E-state index contributed by atoms with van der Waals surface area (Å²) in [5.74, 6) is 1.27. The van der Waals surface area contributed by atoms with E-state index in [1.54, 1.807) is 18.2 Å². The summed E-state index contributed by atoms with van der Waals surface area (Å²) >= 11 is 0. The Hall–Kier alpha value is -3.02. The number of piperidine rings is 1. The zero-order valence-corrected chi connectivity index (χ0v) is 21.1. The van der Waals surface area contributed by atoms with Crippen LogP contribution in [0.15, 0.2) is 36.4 Å². The summed E-state index contributed by atoms with van der Waals surface area (Å²) < 4.78 is 11.6. The summed E-state index contributed by atoms with van der Waals surface area (Å²) in [6.45, 7) is 12.3. The first-order valence-corrected chi connectivity index (χ1v) is 12.4. The molecule has 1 fully saturated rings. The van der Waals surface area contributed by atoms with Gasteiger partial charge in [0.25, 0.3) is 11.8 Å². The molecule has 0 unspecified atom stereocenters. The van der Waals surface area contributed by atoms with Crippen molar-refractivity contribution in [3.8, 4) is 11.5 Å². The Kier molecular flexibility index (Phi) is 8.97. The lowest BCUT2D eigenvalue weighted by Gasteiger charge is -2.26. The summed E-state index contributed by atoms with van der Waals surface area (Å²) in [6, 6.07) is 11.3. The van der Waals surface area contributed by atoms with E-state index in [1.807, 2.05) is 17.9 Å². The van der Waals surface area contributed by atoms with Crippen molar-refractivity contribution in [3.63, 3.8) is 0 Å². The molecule has 184 valence electrons. The van der Waals surface area contributed by atoms with Gasteiger partial charge in [-0.15, -0.1) is 0 Å². The van der Waals surface area contributed by atoms with E-state index in [0.29, 0.717) is 23.7 Å². The zero-order valence-electron chi connectivity index (χ0n) is 21.1. The molecule has 6 heteroatoms. The summed E-state index contributed by atoms with van der Waals surface area (Å²) in [4.78, 5) is 27.6. The first-order chi connectivity index (χ1) is 16.3. The molecule has 0 saturated carbocycles. The molecule has 0 aromatic heterocycles. The van der Waals surface area contributed by atoms with Gasteiger partial charge in [0, 0.05) is 24.3 Å². The number of nitrogens with one attached hydrogen (secondary N) is 1. The van der Waals surface area contributed by atoms with E-state index in [4.69, 9.17) is 9.47 Å². The Morgan fingerprint density at radius 1 is 0.912 bits per heavy atom. The van der Waals surface area contributed by atoms with Crippen LogP contribution in [0.4, 0.5) is 5.69 Å². The number of anilines is 1. The van der Waals surface area contributed by atoms with Crippen LogP contribution in [0.2, 0.25) is 0 Å². The second kappa shape index (κ2) is 11.9. The summed E-state index contributed by atoms with van der Waals surface area (Å²) in [6.07, 6.45) is 3.25. The minimum Gasteiger partial charge on any atom is -0.490 e. The van der Waals surface area contributed by atoms with Crippen LogP contribution in [0.25, 0.3) is 0 Å². The number of para-hydroxylation sites is 1. The average molecular weight is 467 g/mol. The maximum Gasteiger partial charge on any atom is 0.260 e. The van der Waals surface area contributed by atoms with Gasteiger partial charge >= 0.3 is 0 Å². The highest BCUT2D eigenvalue weighted by Gasteiger charge is 2.20. The van der Waals surface area contributed by atoms with Gasteiger partial charge in [0.1, 0.15) is 0 Å². The number of hydrogen-bond donors (Lipinski definition) is 1. The number of amides is 2. The van der Waals surface area contributed by atoms with Gasteiger partial charge in [-0.25, -0.2) is 0 Å². The Bertz CT molecular complexity index is 968. The van der Waals surface area contributed by atoms with Crippen molar-refractivity contribution in [3.05, 3.63) is 53.1 Å². The van der Waals surface area contributed by atoms with Crippen LogP contribution in [-0.4, -0.2) is 43.0 Å². The smallest absolute Gasteiger partial charge is 0.260 e. The third kappa shape index (κ3) is 6.31. The molecule has 34 heavy (non-hydrogen) atoms. The minimum absolute atomic E-state index is 0.0181. The Morgan fingerprint density at radius 3 is 2.15 bits per heavy atom. The minimum atomic E-state index is -0.202. The summed E-state index contributed by atoms with van der Waals surface area (Å²) in [5, 5.41) is 3.14. The van der Waals surface area contributed by atoms with Gasteiger partial charge in [0.05, 0.1) is 6.61 Å². The standard InChI is InChI=1S/C28H38N2O4/c1-6-33-25-17-21(13-14-24(25)34-18-26(31)30-15-8-7-9-16-30)28(32)29-27-22(19(2)3)11-10-12-23(27)20(4)5/h10-14,17,19-20H,6-9,15-16,18H2,1-5H3,(H,29,32). The number of ether oxygens (including phenoxy) is 2. The SMILES string of the molecule is CCOc1cc(C(=O)Nc2c(C(C)C)cccc2C(C)C)ccc1OCC(=O)N1CCCCC1. The van der Waals surface area contributed by atoms with Crippen molar-refractivity contribution in [2.24, 2.45) is 0 Å². The Balaban J connectivity index is 1.78. The molecular weight excluding hydrogens is 428 g/mol. The van der Waals surface area contributed by atoms with Crippen molar-refractivity contribution in [1.82, 2.24) is 4.90 Å². The fourth-order valence-corrected chi connectivity index (χ4v) is 4.29.